The molecule has 5 heteroatoms. The maximum atomic E-state index is 12.9. The SMILES string of the molecule is CCCNC(=O)[C@@H](C)N(Cc1ccccc1)C(=O)Cc1ccc(Cl)cc1. The Morgan fingerprint density at radius 3 is 2.31 bits per heavy atom. The van der Waals surface area contributed by atoms with Crippen LogP contribution in [0.3, 0.4) is 0 Å². The van der Waals surface area contributed by atoms with Crippen molar-refractivity contribution in [2.45, 2.75) is 39.3 Å². The lowest BCUT2D eigenvalue weighted by atomic mass is 10.1. The fourth-order valence-corrected chi connectivity index (χ4v) is 2.76. The van der Waals surface area contributed by atoms with Crippen LogP contribution in [-0.2, 0) is 22.6 Å². The van der Waals surface area contributed by atoms with E-state index in [0.717, 1.165) is 17.5 Å². The standard InChI is InChI=1S/C21H25ClN2O2/c1-3-13-23-21(26)16(2)24(15-18-7-5-4-6-8-18)20(25)14-17-9-11-19(22)12-10-17/h4-12,16H,3,13-15H2,1-2H3,(H,23,26)/t16-/m1/s1. The van der Waals surface area contributed by atoms with E-state index in [1.54, 1.807) is 24.0 Å². The molecule has 0 spiro atoms. The van der Waals surface area contributed by atoms with E-state index in [0.29, 0.717) is 18.1 Å². The number of nitrogens with zero attached hydrogens (tertiary/aromatic N) is 1. The van der Waals surface area contributed by atoms with E-state index < -0.39 is 6.04 Å². The highest BCUT2D eigenvalue weighted by Crippen LogP contribution is 2.14. The van der Waals surface area contributed by atoms with Crippen LogP contribution in [0.2, 0.25) is 5.02 Å². The van der Waals surface area contributed by atoms with Gasteiger partial charge in [0.2, 0.25) is 11.8 Å². The van der Waals surface area contributed by atoms with Crippen LogP contribution in [0.1, 0.15) is 31.4 Å². The Kier molecular flexibility index (Phi) is 7.67. The van der Waals surface area contributed by atoms with Gasteiger partial charge in [-0.3, -0.25) is 9.59 Å². The van der Waals surface area contributed by atoms with Crippen molar-refractivity contribution < 1.29 is 9.59 Å². The maximum Gasteiger partial charge on any atom is 0.242 e. The van der Waals surface area contributed by atoms with Crippen molar-refractivity contribution in [2.24, 2.45) is 0 Å². The van der Waals surface area contributed by atoms with Crippen LogP contribution >= 0.6 is 11.6 Å². The van der Waals surface area contributed by atoms with Crippen LogP contribution in [0.15, 0.2) is 54.6 Å². The van der Waals surface area contributed by atoms with Gasteiger partial charge in [0, 0.05) is 18.1 Å². The summed E-state index contributed by atoms with van der Waals surface area (Å²) in [6, 6.07) is 16.4. The van der Waals surface area contributed by atoms with Gasteiger partial charge < -0.3 is 10.2 Å². The zero-order chi connectivity index (χ0) is 18.9. The highest BCUT2D eigenvalue weighted by Gasteiger charge is 2.25. The van der Waals surface area contributed by atoms with E-state index in [1.165, 1.54) is 0 Å². The molecule has 0 bridgehead atoms. The number of nitrogens with one attached hydrogen (secondary N) is 1. The Morgan fingerprint density at radius 1 is 1.04 bits per heavy atom. The van der Waals surface area contributed by atoms with Gasteiger partial charge in [-0.25, -0.2) is 0 Å². The summed E-state index contributed by atoms with van der Waals surface area (Å²) < 4.78 is 0. The number of carbonyl (C=O) groups is 2. The molecule has 0 radical (unpaired) electrons. The second kappa shape index (κ2) is 9.97. The van der Waals surface area contributed by atoms with Crippen LogP contribution in [0, 0.1) is 0 Å². The maximum absolute atomic E-state index is 12.9. The van der Waals surface area contributed by atoms with Gasteiger partial charge in [-0.05, 0) is 36.6 Å². The van der Waals surface area contributed by atoms with Gasteiger partial charge in [-0.15, -0.1) is 0 Å². The van der Waals surface area contributed by atoms with Crippen LogP contribution in [-0.4, -0.2) is 29.3 Å². The van der Waals surface area contributed by atoms with Crippen LogP contribution in [0.4, 0.5) is 0 Å². The zero-order valence-corrected chi connectivity index (χ0v) is 16.0. The Labute approximate surface area is 160 Å². The van der Waals surface area contributed by atoms with E-state index in [-0.39, 0.29) is 18.2 Å². The minimum Gasteiger partial charge on any atom is -0.354 e. The van der Waals surface area contributed by atoms with Crippen molar-refractivity contribution in [3.8, 4) is 0 Å². The minimum absolute atomic E-state index is 0.0877. The monoisotopic (exact) mass is 372 g/mol. The first kappa shape index (κ1) is 20.0. The van der Waals surface area contributed by atoms with Gasteiger partial charge in [0.1, 0.15) is 6.04 Å². The van der Waals surface area contributed by atoms with Crippen molar-refractivity contribution in [3.05, 3.63) is 70.7 Å². The predicted octanol–water partition coefficient (Wildman–Crippen LogP) is 3.83. The van der Waals surface area contributed by atoms with Gasteiger partial charge in [0.05, 0.1) is 6.42 Å². The third kappa shape index (κ3) is 5.88. The Morgan fingerprint density at radius 2 is 1.69 bits per heavy atom. The molecule has 2 amide bonds. The Bertz CT molecular complexity index is 717. The van der Waals surface area contributed by atoms with Crippen LogP contribution < -0.4 is 5.32 Å². The average Bonchev–Trinajstić information content (AvgIpc) is 2.66. The molecule has 26 heavy (non-hydrogen) atoms. The molecule has 0 saturated heterocycles. The predicted molar refractivity (Wildman–Crippen MR) is 105 cm³/mol. The Hall–Kier alpha value is -2.33. The smallest absolute Gasteiger partial charge is 0.242 e. The molecule has 0 aliphatic heterocycles. The minimum atomic E-state index is -0.540. The number of benzene rings is 2. The molecular weight excluding hydrogens is 348 g/mol. The van der Waals surface area contributed by atoms with Gasteiger partial charge in [0.15, 0.2) is 0 Å². The number of hydrogen-bond donors (Lipinski definition) is 1. The summed E-state index contributed by atoms with van der Waals surface area (Å²) in [5, 5.41) is 3.51. The lowest BCUT2D eigenvalue weighted by Gasteiger charge is -2.29. The normalized spacial score (nSPS) is 11.7. The molecule has 0 aromatic heterocycles. The van der Waals surface area contributed by atoms with Crippen molar-refractivity contribution in [1.82, 2.24) is 10.2 Å². The summed E-state index contributed by atoms with van der Waals surface area (Å²) in [5.74, 6) is -0.220. The van der Waals surface area contributed by atoms with Crippen molar-refractivity contribution in [3.63, 3.8) is 0 Å². The van der Waals surface area contributed by atoms with E-state index in [4.69, 9.17) is 11.6 Å². The third-order valence-electron chi connectivity index (χ3n) is 4.18. The molecule has 138 valence electrons. The molecule has 2 rings (SSSR count). The van der Waals surface area contributed by atoms with E-state index in [2.05, 4.69) is 5.32 Å². The molecule has 0 saturated carbocycles. The van der Waals surface area contributed by atoms with Crippen LogP contribution in [0.5, 0.6) is 0 Å². The number of carbonyl (C=O) groups excluding carboxylic acids is 2. The topological polar surface area (TPSA) is 49.4 Å². The first-order valence-electron chi connectivity index (χ1n) is 8.86. The molecule has 2 aromatic carbocycles. The second-order valence-corrected chi connectivity index (χ2v) is 6.71. The summed E-state index contributed by atoms with van der Waals surface area (Å²) in [7, 11) is 0. The summed E-state index contributed by atoms with van der Waals surface area (Å²) in [6.45, 7) is 4.77. The van der Waals surface area contributed by atoms with E-state index in [9.17, 15) is 9.59 Å². The summed E-state index contributed by atoms with van der Waals surface area (Å²) in [5.41, 5.74) is 1.87. The molecule has 1 atom stereocenters. The molecule has 4 nitrogen and oxygen atoms in total. The van der Waals surface area contributed by atoms with Gasteiger partial charge in [0.25, 0.3) is 0 Å². The number of rotatable bonds is 8. The quantitative estimate of drug-likeness (QED) is 0.765. The third-order valence-corrected chi connectivity index (χ3v) is 4.43. The fourth-order valence-electron chi connectivity index (χ4n) is 2.64. The van der Waals surface area contributed by atoms with Crippen molar-refractivity contribution in [2.75, 3.05) is 6.54 Å². The Balaban J connectivity index is 2.16. The highest BCUT2D eigenvalue weighted by molar-refractivity contribution is 6.30. The van der Waals surface area contributed by atoms with E-state index >= 15 is 0 Å². The highest BCUT2D eigenvalue weighted by atomic mass is 35.5. The fraction of sp³-hybridized carbons (Fsp3) is 0.333. The van der Waals surface area contributed by atoms with Crippen molar-refractivity contribution in [1.29, 1.82) is 0 Å². The zero-order valence-electron chi connectivity index (χ0n) is 15.2. The molecule has 0 fully saturated rings. The van der Waals surface area contributed by atoms with Crippen molar-refractivity contribution >= 4 is 23.4 Å². The molecule has 0 aliphatic carbocycles. The number of halogens is 1. The van der Waals surface area contributed by atoms with Gasteiger partial charge in [-0.1, -0.05) is 61.0 Å². The lowest BCUT2D eigenvalue weighted by molar-refractivity contribution is -0.140. The molecular formula is C21H25ClN2O2. The summed E-state index contributed by atoms with van der Waals surface area (Å²) >= 11 is 5.91. The molecule has 2 aromatic rings. The first-order chi connectivity index (χ1) is 12.5. The molecule has 0 unspecified atom stereocenters. The number of amides is 2. The largest absolute Gasteiger partial charge is 0.354 e. The molecule has 1 N–H and O–H groups in total. The van der Waals surface area contributed by atoms with E-state index in [1.807, 2.05) is 49.4 Å². The molecule has 0 heterocycles. The van der Waals surface area contributed by atoms with Gasteiger partial charge in [-0.2, -0.15) is 0 Å². The van der Waals surface area contributed by atoms with Crippen LogP contribution in [0.25, 0.3) is 0 Å². The second-order valence-electron chi connectivity index (χ2n) is 6.28. The molecule has 0 aliphatic rings. The first-order valence-corrected chi connectivity index (χ1v) is 9.24. The number of hydrogen-bond acceptors (Lipinski definition) is 2. The summed E-state index contributed by atoms with van der Waals surface area (Å²) in [6.07, 6.45) is 1.09. The summed E-state index contributed by atoms with van der Waals surface area (Å²) in [4.78, 5) is 27.0. The average molecular weight is 373 g/mol. The lowest BCUT2D eigenvalue weighted by Crippen LogP contribution is -2.48. The van der Waals surface area contributed by atoms with Gasteiger partial charge >= 0.3 is 0 Å².